The van der Waals surface area contributed by atoms with E-state index in [0.29, 0.717) is 0 Å². The van der Waals surface area contributed by atoms with Crippen LogP contribution in [0.4, 0.5) is 5.69 Å². The number of aryl methyl sites for hydroxylation is 2. The van der Waals surface area contributed by atoms with Crippen molar-refractivity contribution in [1.82, 2.24) is 9.78 Å². The Kier molecular flexibility index (Phi) is 3.28. The Labute approximate surface area is 114 Å². The van der Waals surface area contributed by atoms with Crippen molar-refractivity contribution < 1.29 is 0 Å². The van der Waals surface area contributed by atoms with Gasteiger partial charge in [0.25, 0.3) is 0 Å². The highest BCUT2D eigenvalue weighted by Crippen LogP contribution is 2.28. The van der Waals surface area contributed by atoms with Crippen LogP contribution >= 0.6 is 0 Å². The van der Waals surface area contributed by atoms with Crippen LogP contribution in [0.15, 0.2) is 24.4 Å². The lowest BCUT2D eigenvalue weighted by Gasteiger charge is -2.20. The molecule has 100 valence electrons. The number of fused-ring (bicyclic) bond motifs is 1. The number of nitrogens with zero attached hydrogens (tertiary/aromatic N) is 2. The zero-order chi connectivity index (χ0) is 13.2. The van der Waals surface area contributed by atoms with Crippen LogP contribution in [-0.4, -0.2) is 9.78 Å². The topological polar surface area (TPSA) is 29.9 Å². The van der Waals surface area contributed by atoms with Gasteiger partial charge < -0.3 is 5.32 Å². The van der Waals surface area contributed by atoms with E-state index in [9.17, 15) is 0 Å². The fourth-order valence-corrected chi connectivity index (χ4v) is 2.86. The van der Waals surface area contributed by atoms with Gasteiger partial charge in [0, 0.05) is 30.5 Å². The molecular weight excluding hydrogens is 234 g/mol. The average Bonchev–Trinajstić information content (AvgIpc) is 2.76. The second kappa shape index (κ2) is 5.08. The van der Waals surface area contributed by atoms with E-state index in [1.807, 2.05) is 17.9 Å². The molecule has 0 atom stereocenters. The molecule has 3 nitrogen and oxygen atoms in total. The second-order valence-corrected chi connectivity index (χ2v) is 5.38. The van der Waals surface area contributed by atoms with Gasteiger partial charge >= 0.3 is 0 Å². The summed E-state index contributed by atoms with van der Waals surface area (Å²) < 4.78 is 1.93. The van der Waals surface area contributed by atoms with Crippen molar-refractivity contribution in [3.63, 3.8) is 0 Å². The molecule has 0 saturated carbocycles. The van der Waals surface area contributed by atoms with E-state index in [0.717, 1.165) is 6.54 Å². The highest BCUT2D eigenvalue weighted by molar-refractivity contribution is 5.55. The lowest BCUT2D eigenvalue weighted by Crippen LogP contribution is -2.09. The largest absolute Gasteiger partial charge is 0.381 e. The SMILES string of the molecule is Cc1c(CNc2cccc3c2CCCC3)cnn1C. The summed E-state index contributed by atoms with van der Waals surface area (Å²) in [5, 5.41) is 7.88. The third kappa shape index (κ3) is 2.37. The molecule has 1 N–H and O–H groups in total. The Bertz CT molecular complexity index is 584. The second-order valence-electron chi connectivity index (χ2n) is 5.38. The smallest absolute Gasteiger partial charge is 0.0542 e. The number of hydrogen-bond acceptors (Lipinski definition) is 2. The molecule has 0 amide bonds. The van der Waals surface area contributed by atoms with Gasteiger partial charge in [-0.05, 0) is 49.8 Å². The van der Waals surface area contributed by atoms with Crippen LogP contribution in [0.5, 0.6) is 0 Å². The van der Waals surface area contributed by atoms with Crippen LogP contribution in [0.25, 0.3) is 0 Å². The molecule has 2 aromatic rings. The van der Waals surface area contributed by atoms with Crippen LogP contribution in [0.1, 0.15) is 35.2 Å². The van der Waals surface area contributed by atoms with Gasteiger partial charge in [0.1, 0.15) is 0 Å². The first-order valence-electron chi connectivity index (χ1n) is 7.08. The molecule has 0 unspecified atom stereocenters. The van der Waals surface area contributed by atoms with Gasteiger partial charge in [-0.1, -0.05) is 12.1 Å². The number of aromatic nitrogens is 2. The first-order valence-corrected chi connectivity index (χ1v) is 7.08. The number of hydrogen-bond donors (Lipinski definition) is 1. The fraction of sp³-hybridized carbons (Fsp3) is 0.438. The minimum absolute atomic E-state index is 0.857. The van der Waals surface area contributed by atoms with Gasteiger partial charge in [-0.15, -0.1) is 0 Å². The normalized spacial score (nSPS) is 14.2. The number of benzene rings is 1. The first kappa shape index (κ1) is 12.3. The highest BCUT2D eigenvalue weighted by Gasteiger charge is 2.13. The predicted octanol–water partition coefficient (Wildman–Crippen LogP) is 3.22. The maximum atomic E-state index is 4.29. The molecule has 3 heteroatoms. The Morgan fingerprint density at radius 2 is 2.11 bits per heavy atom. The molecule has 0 saturated heterocycles. The maximum absolute atomic E-state index is 4.29. The van der Waals surface area contributed by atoms with E-state index >= 15 is 0 Å². The highest BCUT2D eigenvalue weighted by atomic mass is 15.3. The van der Waals surface area contributed by atoms with Crippen LogP contribution < -0.4 is 5.32 Å². The molecule has 0 aliphatic heterocycles. The number of rotatable bonds is 3. The van der Waals surface area contributed by atoms with Crippen molar-refractivity contribution in [2.24, 2.45) is 7.05 Å². The minimum Gasteiger partial charge on any atom is -0.381 e. The monoisotopic (exact) mass is 255 g/mol. The van der Waals surface area contributed by atoms with Crippen molar-refractivity contribution in [3.05, 3.63) is 46.8 Å². The lowest BCUT2D eigenvalue weighted by molar-refractivity contribution is 0.686. The molecular formula is C16H21N3. The van der Waals surface area contributed by atoms with Crippen molar-refractivity contribution in [2.45, 2.75) is 39.2 Å². The molecule has 0 fully saturated rings. The van der Waals surface area contributed by atoms with Gasteiger partial charge in [-0.3, -0.25) is 4.68 Å². The van der Waals surface area contributed by atoms with E-state index < -0.39 is 0 Å². The quantitative estimate of drug-likeness (QED) is 0.912. The molecule has 1 heterocycles. The Morgan fingerprint density at radius 1 is 1.26 bits per heavy atom. The van der Waals surface area contributed by atoms with E-state index in [1.165, 1.54) is 53.8 Å². The molecule has 19 heavy (non-hydrogen) atoms. The van der Waals surface area contributed by atoms with Crippen LogP contribution in [0, 0.1) is 6.92 Å². The minimum atomic E-state index is 0.857. The fourth-order valence-electron chi connectivity index (χ4n) is 2.86. The molecule has 0 spiro atoms. The van der Waals surface area contributed by atoms with Crippen LogP contribution in [0.3, 0.4) is 0 Å². The van der Waals surface area contributed by atoms with Crippen molar-refractivity contribution in [2.75, 3.05) is 5.32 Å². The maximum Gasteiger partial charge on any atom is 0.0542 e. The van der Waals surface area contributed by atoms with Crippen LogP contribution in [0.2, 0.25) is 0 Å². The van der Waals surface area contributed by atoms with Gasteiger partial charge in [0.2, 0.25) is 0 Å². The first-order chi connectivity index (χ1) is 9.25. The number of anilines is 1. The Morgan fingerprint density at radius 3 is 2.89 bits per heavy atom. The van der Waals surface area contributed by atoms with Crippen LogP contribution in [-0.2, 0) is 26.4 Å². The zero-order valence-corrected chi connectivity index (χ0v) is 11.7. The molecule has 1 aromatic heterocycles. The summed E-state index contributed by atoms with van der Waals surface area (Å²) in [5.74, 6) is 0. The summed E-state index contributed by atoms with van der Waals surface area (Å²) in [6.45, 7) is 2.97. The predicted molar refractivity (Wildman–Crippen MR) is 78.4 cm³/mol. The van der Waals surface area contributed by atoms with Gasteiger partial charge in [0.15, 0.2) is 0 Å². The van der Waals surface area contributed by atoms with Crippen molar-refractivity contribution >= 4 is 5.69 Å². The molecule has 0 bridgehead atoms. The average molecular weight is 255 g/mol. The van der Waals surface area contributed by atoms with Crippen molar-refractivity contribution in [3.8, 4) is 0 Å². The van der Waals surface area contributed by atoms with Gasteiger partial charge in [0.05, 0.1) is 6.20 Å². The molecule has 1 aromatic carbocycles. The summed E-state index contributed by atoms with van der Waals surface area (Å²) in [6, 6.07) is 6.65. The third-order valence-electron chi connectivity index (χ3n) is 4.20. The summed E-state index contributed by atoms with van der Waals surface area (Å²) in [6.07, 6.45) is 7.05. The van der Waals surface area contributed by atoms with E-state index in [1.54, 1.807) is 0 Å². The summed E-state index contributed by atoms with van der Waals surface area (Å²) in [7, 11) is 1.99. The zero-order valence-electron chi connectivity index (χ0n) is 11.7. The van der Waals surface area contributed by atoms with Gasteiger partial charge in [-0.25, -0.2) is 0 Å². The Balaban J connectivity index is 1.79. The summed E-state index contributed by atoms with van der Waals surface area (Å²) in [4.78, 5) is 0. The number of nitrogens with one attached hydrogen (secondary N) is 1. The standard InChI is InChI=1S/C16H21N3/c1-12-14(11-18-19(12)2)10-17-16-9-5-7-13-6-3-4-8-15(13)16/h5,7,9,11,17H,3-4,6,8,10H2,1-2H3. The third-order valence-corrected chi connectivity index (χ3v) is 4.20. The summed E-state index contributed by atoms with van der Waals surface area (Å²) >= 11 is 0. The molecule has 1 aliphatic rings. The van der Waals surface area contributed by atoms with E-state index in [4.69, 9.17) is 0 Å². The van der Waals surface area contributed by atoms with E-state index in [-0.39, 0.29) is 0 Å². The molecule has 1 aliphatic carbocycles. The summed E-state index contributed by atoms with van der Waals surface area (Å²) in [5.41, 5.74) is 6.86. The van der Waals surface area contributed by atoms with Gasteiger partial charge in [-0.2, -0.15) is 5.10 Å². The Hall–Kier alpha value is -1.77. The van der Waals surface area contributed by atoms with Crippen molar-refractivity contribution in [1.29, 1.82) is 0 Å². The molecule has 3 rings (SSSR count). The lowest BCUT2D eigenvalue weighted by atomic mass is 9.90. The molecule has 0 radical (unpaired) electrons. The van der Waals surface area contributed by atoms with E-state index in [2.05, 4.69) is 35.5 Å².